The van der Waals surface area contributed by atoms with Gasteiger partial charge < -0.3 is 14.8 Å². The molecule has 1 amide bonds. The molecule has 1 N–H and O–H groups in total. The van der Waals surface area contributed by atoms with Gasteiger partial charge >= 0.3 is 0 Å². The number of aromatic nitrogens is 2. The molecule has 0 unspecified atom stereocenters. The molecule has 0 radical (unpaired) electrons. The van der Waals surface area contributed by atoms with E-state index in [0.29, 0.717) is 53.8 Å². The summed E-state index contributed by atoms with van der Waals surface area (Å²) >= 11 is 7.33. The van der Waals surface area contributed by atoms with Crippen molar-refractivity contribution in [1.29, 1.82) is 0 Å². The molecular weight excluding hydrogens is 462 g/mol. The average molecular weight is 490 g/mol. The number of amides is 1. The first kappa shape index (κ1) is 25.1. The van der Waals surface area contributed by atoms with Crippen LogP contribution in [0.1, 0.15) is 18.9 Å². The minimum absolute atomic E-state index is 0.116. The second kappa shape index (κ2) is 12.6. The Bertz CT molecular complexity index is 1130. The van der Waals surface area contributed by atoms with Crippen molar-refractivity contribution in [1.82, 2.24) is 14.9 Å². The fraction of sp³-hybridized carbons (Fsp3) is 0.375. The topological polar surface area (TPSA) is 82.4 Å². The molecule has 0 atom stereocenters. The number of carbonyl (C=O) groups excluding carboxylic acids is 1. The van der Waals surface area contributed by atoms with Crippen LogP contribution >= 0.6 is 23.4 Å². The van der Waals surface area contributed by atoms with Crippen molar-refractivity contribution >= 4 is 40.2 Å². The van der Waals surface area contributed by atoms with E-state index in [1.54, 1.807) is 29.9 Å². The van der Waals surface area contributed by atoms with Gasteiger partial charge in [0.1, 0.15) is 5.75 Å². The molecule has 0 spiro atoms. The van der Waals surface area contributed by atoms with Gasteiger partial charge in [-0.3, -0.25) is 14.2 Å². The maximum absolute atomic E-state index is 13.1. The number of carbonyl (C=O) groups is 1. The quantitative estimate of drug-likeness (QED) is 0.236. The van der Waals surface area contributed by atoms with Crippen LogP contribution in [0, 0.1) is 0 Å². The van der Waals surface area contributed by atoms with E-state index in [9.17, 15) is 9.59 Å². The van der Waals surface area contributed by atoms with Gasteiger partial charge in [0, 0.05) is 31.3 Å². The van der Waals surface area contributed by atoms with Crippen LogP contribution in [0.15, 0.2) is 52.4 Å². The summed E-state index contributed by atoms with van der Waals surface area (Å²) in [6.07, 6.45) is 1.39. The van der Waals surface area contributed by atoms with E-state index in [1.165, 1.54) is 11.8 Å². The zero-order valence-corrected chi connectivity index (χ0v) is 20.4. The summed E-state index contributed by atoms with van der Waals surface area (Å²) in [6.45, 7) is 4.10. The summed E-state index contributed by atoms with van der Waals surface area (Å²) < 4.78 is 12.2. The molecule has 0 aliphatic rings. The second-order valence-electron chi connectivity index (χ2n) is 7.30. The van der Waals surface area contributed by atoms with Crippen molar-refractivity contribution in [2.75, 3.05) is 32.6 Å². The highest BCUT2D eigenvalue weighted by molar-refractivity contribution is 7.99. The number of methoxy groups -OCH3 is 1. The van der Waals surface area contributed by atoms with Gasteiger partial charge in [-0.25, -0.2) is 4.98 Å². The third kappa shape index (κ3) is 7.22. The SMILES string of the molecule is CCOCCCn1c(SCC(=O)NCCc2ccc(OC)cc2)nc2cc(Cl)ccc2c1=O. The molecule has 9 heteroatoms. The fourth-order valence-electron chi connectivity index (χ4n) is 3.27. The predicted octanol–water partition coefficient (Wildman–Crippen LogP) is 3.94. The van der Waals surface area contributed by atoms with Crippen LogP contribution in [0.4, 0.5) is 0 Å². The number of hydrogen-bond donors (Lipinski definition) is 1. The van der Waals surface area contributed by atoms with E-state index in [-0.39, 0.29) is 17.2 Å². The Morgan fingerprint density at radius 3 is 2.73 bits per heavy atom. The van der Waals surface area contributed by atoms with E-state index < -0.39 is 0 Å². The lowest BCUT2D eigenvalue weighted by molar-refractivity contribution is -0.118. The standard InChI is InChI=1S/C24H28ClN3O4S/c1-3-32-14-4-13-28-23(30)20-10-7-18(25)15-21(20)27-24(28)33-16-22(29)26-12-11-17-5-8-19(31-2)9-6-17/h5-10,15H,3-4,11-14,16H2,1-2H3,(H,26,29). The van der Waals surface area contributed by atoms with E-state index in [1.807, 2.05) is 31.2 Å². The summed E-state index contributed by atoms with van der Waals surface area (Å²) in [4.78, 5) is 30.1. The Labute approximate surface area is 202 Å². The van der Waals surface area contributed by atoms with Crippen LogP contribution in [0.3, 0.4) is 0 Å². The van der Waals surface area contributed by atoms with E-state index >= 15 is 0 Å². The van der Waals surface area contributed by atoms with Crippen LogP contribution in [-0.4, -0.2) is 48.1 Å². The van der Waals surface area contributed by atoms with Crippen molar-refractivity contribution in [3.63, 3.8) is 0 Å². The molecule has 176 valence electrons. The fourth-order valence-corrected chi connectivity index (χ4v) is 4.29. The van der Waals surface area contributed by atoms with E-state index in [4.69, 9.17) is 21.1 Å². The van der Waals surface area contributed by atoms with Gasteiger partial charge in [-0.15, -0.1) is 0 Å². The van der Waals surface area contributed by atoms with Gasteiger partial charge in [-0.05, 0) is 55.7 Å². The molecule has 3 rings (SSSR count). The number of nitrogens with zero attached hydrogens (tertiary/aromatic N) is 2. The lowest BCUT2D eigenvalue weighted by atomic mass is 10.1. The molecule has 0 saturated carbocycles. The van der Waals surface area contributed by atoms with Gasteiger partial charge in [-0.2, -0.15) is 0 Å². The number of ether oxygens (including phenoxy) is 2. The molecule has 1 aromatic heterocycles. The molecular formula is C24H28ClN3O4S. The van der Waals surface area contributed by atoms with Gasteiger partial charge in [0.2, 0.25) is 5.91 Å². The van der Waals surface area contributed by atoms with Crippen LogP contribution in [0.2, 0.25) is 5.02 Å². The third-order valence-electron chi connectivity index (χ3n) is 4.98. The Balaban J connectivity index is 1.64. The molecule has 7 nitrogen and oxygen atoms in total. The monoisotopic (exact) mass is 489 g/mol. The average Bonchev–Trinajstić information content (AvgIpc) is 2.82. The van der Waals surface area contributed by atoms with Crippen molar-refractivity contribution in [3.8, 4) is 5.75 Å². The zero-order valence-electron chi connectivity index (χ0n) is 18.8. The molecule has 3 aromatic rings. The minimum Gasteiger partial charge on any atom is -0.497 e. The van der Waals surface area contributed by atoms with Gasteiger partial charge in [0.05, 0.1) is 23.8 Å². The summed E-state index contributed by atoms with van der Waals surface area (Å²) in [7, 11) is 1.63. The van der Waals surface area contributed by atoms with Crippen LogP contribution in [0.25, 0.3) is 10.9 Å². The van der Waals surface area contributed by atoms with Crippen molar-refractivity contribution in [2.24, 2.45) is 0 Å². The summed E-state index contributed by atoms with van der Waals surface area (Å²) in [5.74, 6) is 0.845. The number of thioether (sulfide) groups is 1. The first-order valence-corrected chi connectivity index (χ1v) is 12.2. The molecule has 0 aliphatic heterocycles. The van der Waals surface area contributed by atoms with E-state index in [0.717, 1.165) is 17.7 Å². The maximum atomic E-state index is 13.1. The van der Waals surface area contributed by atoms with Gasteiger partial charge in [-0.1, -0.05) is 35.5 Å². The Morgan fingerprint density at radius 2 is 2.00 bits per heavy atom. The highest BCUT2D eigenvalue weighted by Crippen LogP contribution is 2.21. The number of nitrogens with one attached hydrogen (secondary N) is 1. The Kier molecular flexibility index (Phi) is 9.60. The number of rotatable bonds is 12. The molecule has 0 fully saturated rings. The zero-order chi connectivity index (χ0) is 23.6. The number of halogens is 1. The lowest BCUT2D eigenvalue weighted by Crippen LogP contribution is -2.28. The largest absolute Gasteiger partial charge is 0.497 e. The summed E-state index contributed by atoms with van der Waals surface area (Å²) in [5.41, 5.74) is 1.49. The molecule has 2 aromatic carbocycles. The molecule has 0 bridgehead atoms. The van der Waals surface area contributed by atoms with Crippen LogP contribution in [0.5, 0.6) is 5.75 Å². The first-order chi connectivity index (χ1) is 16.0. The van der Waals surface area contributed by atoms with Crippen molar-refractivity contribution in [2.45, 2.75) is 31.5 Å². The third-order valence-corrected chi connectivity index (χ3v) is 6.20. The maximum Gasteiger partial charge on any atom is 0.262 e. The van der Waals surface area contributed by atoms with Crippen molar-refractivity contribution in [3.05, 3.63) is 63.4 Å². The normalized spacial score (nSPS) is 11.0. The first-order valence-electron chi connectivity index (χ1n) is 10.8. The van der Waals surface area contributed by atoms with Crippen molar-refractivity contribution < 1.29 is 14.3 Å². The van der Waals surface area contributed by atoms with Crippen LogP contribution < -0.4 is 15.6 Å². The number of fused-ring (bicyclic) bond motifs is 1. The summed E-state index contributed by atoms with van der Waals surface area (Å²) in [5, 5.41) is 4.43. The Hall–Kier alpha value is -2.55. The number of benzene rings is 2. The second-order valence-corrected chi connectivity index (χ2v) is 8.68. The van der Waals surface area contributed by atoms with Crippen LogP contribution in [-0.2, 0) is 22.5 Å². The number of hydrogen-bond acceptors (Lipinski definition) is 6. The highest BCUT2D eigenvalue weighted by Gasteiger charge is 2.14. The summed E-state index contributed by atoms with van der Waals surface area (Å²) in [6, 6.07) is 12.8. The molecule has 0 saturated heterocycles. The lowest BCUT2D eigenvalue weighted by Gasteiger charge is -2.13. The molecule has 1 heterocycles. The van der Waals surface area contributed by atoms with Gasteiger partial charge in [0.25, 0.3) is 5.56 Å². The Morgan fingerprint density at radius 1 is 1.21 bits per heavy atom. The van der Waals surface area contributed by atoms with Gasteiger partial charge in [0.15, 0.2) is 5.16 Å². The molecule has 0 aliphatic carbocycles. The van der Waals surface area contributed by atoms with E-state index in [2.05, 4.69) is 10.3 Å². The predicted molar refractivity (Wildman–Crippen MR) is 133 cm³/mol. The molecule has 33 heavy (non-hydrogen) atoms. The smallest absolute Gasteiger partial charge is 0.262 e. The highest BCUT2D eigenvalue weighted by atomic mass is 35.5. The minimum atomic E-state index is -0.143.